The maximum atomic E-state index is 12.6. The number of allylic oxidation sites excluding steroid dienone is 4. The maximum absolute atomic E-state index is 12.6. The van der Waals surface area contributed by atoms with Crippen molar-refractivity contribution in [1.82, 2.24) is 0 Å². The predicted molar refractivity (Wildman–Crippen MR) is 98.9 cm³/mol. The summed E-state index contributed by atoms with van der Waals surface area (Å²) in [4.78, 5) is 25.0. The van der Waals surface area contributed by atoms with Gasteiger partial charge >= 0.3 is 0 Å². The van der Waals surface area contributed by atoms with E-state index in [0.29, 0.717) is 5.57 Å². The lowest BCUT2D eigenvalue weighted by molar-refractivity contribution is -0.132. The van der Waals surface area contributed by atoms with Crippen LogP contribution < -0.4 is 0 Å². The van der Waals surface area contributed by atoms with E-state index in [0.717, 1.165) is 11.1 Å². The monoisotopic (exact) mass is 324 g/mol. The van der Waals surface area contributed by atoms with Crippen molar-refractivity contribution in [2.24, 2.45) is 10.8 Å². The molecule has 0 radical (unpaired) electrons. The van der Waals surface area contributed by atoms with Gasteiger partial charge in [-0.2, -0.15) is 0 Å². The molecule has 0 bridgehead atoms. The first-order valence-electron chi connectivity index (χ1n) is 8.47. The number of ketones is 2. The lowest BCUT2D eigenvalue weighted by Gasteiger charge is -2.42. The lowest BCUT2D eigenvalue weighted by atomic mass is 9.62. The van der Waals surface area contributed by atoms with Crippen molar-refractivity contribution in [3.63, 3.8) is 0 Å². The molecule has 1 aromatic carbocycles. The Morgan fingerprint density at radius 2 is 1.29 bits per heavy atom. The summed E-state index contributed by atoms with van der Waals surface area (Å²) in [5.41, 5.74) is 1.78. The van der Waals surface area contributed by atoms with Gasteiger partial charge < -0.3 is 0 Å². The number of hydrogen-bond donors (Lipinski definition) is 0. The Morgan fingerprint density at radius 1 is 0.750 bits per heavy atom. The van der Waals surface area contributed by atoms with Crippen molar-refractivity contribution >= 4 is 11.6 Å². The molecule has 0 unspecified atom stereocenters. The standard InChI is InChI=1S/C22H28O2/c1-20(2,3)22(6,7)16-13-17(19(24)18(23)14-16)21(4,5)15-11-9-8-10-12-15/h8-14H,1-7H3. The van der Waals surface area contributed by atoms with E-state index in [2.05, 4.69) is 34.6 Å². The topological polar surface area (TPSA) is 34.1 Å². The second-order valence-electron chi connectivity index (χ2n) is 8.72. The molecular weight excluding hydrogens is 296 g/mol. The minimum Gasteiger partial charge on any atom is -0.286 e. The molecule has 0 heterocycles. The normalized spacial score (nSPS) is 16.8. The number of carbonyl (C=O) groups excluding carboxylic acids is 2. The summed E-state index contributed by atoms with van der Waals surface area (Å²) in [6, 6.07) is 9.89. The summed E-state index contributed by atoms with van der Waals surface area (Å²) in [6.45, 7) is 14.7. The number of Topliss-reactive ketones (excluding diaryl/α,β-unsaturated/α-hetero) is 1. The van der Waals surface area contributed by atoms with Crippen LogP contribution in [-0.2, 0) is 15.0 Å². The van der Waals surface area contributed by atoms with Gasteiger partial charge in [-0.05, 0) is 28.0 Å². The predicted octanol–water partition coefficient (Wildman–Crippen LogP) is 5.04. The van der Waals surface area contributed by atoms with Crippen LogP contribution in [0.15, 0.2) is 53.6 Å². The molecule has 24 heavy (non-hydrogen) atoms. The molecular formula is C22H28O2. The van der Waals surface area contributed by atoms with E-state index in [1.807, 2.05) is 50.3 Å². The second-order valence-corrected chi connectivity index (χ2v) is 8.72. The van der Waals surface area contributed by atoms with E-state index in [1.54, 1.807) is 0 Å². The van der Waals surface area contributed by atoms with Crippen LogP contribution in [0, 0.1) is 10.8 Å². The lowest BCUT2D eigenvalue weighted by Crippen LogP contribution is -2.37. The molecule has 0 aliphatic heterocycles. The average molecular weight is 324 g/mol. The van der Waals surface area contributed by atoms with E-state index < -0.39 is 17.0 Å². The highest BCUT2D eigenvalue weighted by molar-refractivity contribution is 6.48. The zero-order chi connectivity index (χ0) is 18.3. The first kappa shape index (κ1) is 18.4. The fourth-order valence-corrected chi connectivity index (χ4v) is 2.87. The molecule has 2 heteroatoms. The van der Waals surface area contributed by atoms with Crippen molar-refractivity contribution < 1.29 is 9.59 Å². The molecule has 0 fully saturated rings. The van der Waals surface area contributed by atoms with Gasteiger partial charge in [-0.1, -0.05) is 84.9 Å². The van der Waals surface area contributed by atoms with Crippen molar-refractivity contribution in [1.29, 1.82) is 0 Å². The van der Waals surface area contributed by atoms with E-state index in [4.69, 9.17) is 0 Å². The third-order valence-corrected chi connectivity index (χ3v) is 5.82. The SMILES string of the molecule is CC(C)(C1=CC(C(C)(C)C(C)(C)C)=CC(=O)C1=O)c1ccccc1. The van der Waals surface area contributed by atoms with Crippen LogP contribution in [0.1, 0.15) is 54.0 Å². The molecule has 128 valence electrons. The van der Waals surface area contributed by atoms with Gasteiger partial charge in [0.25, 0.3) is 0 Å². The van der Waals surface area contributed by atoms with E-state index in [9.17, 15) is 9.59 Å². The van der Waals surface area contributed by atoms with Crippen LogP contribution in [0.4, 0.5) is 0 Å². The molecule has 2 rings (SSSR count). The molecule has 1 aromatic rings. The van der Waals surface area contributed by atoms with Crippen LogP contribution >= 0.6 is 0 Å². The number of rotatable bonds is 3. The summed E-state index contributed by atoms with van der Waals surface area (Å²) >= 11 is 0. The summed E-state index contributed by atoms with van der Waals surface area (Å²) in [5.74, 6) is -0.804. The van der Waals surface area contributed by atoms with E-state index in [-0.39, 0.29) is 10.8 Å². The van der Waals surface area contributed by atoms with Crippen LogP contribution in [0.2, 0.25) is 0 Å². The summed E-state index contributed by atoms with van der Waals surface area (Å²) < 4.78 is 0. The summed E-state index contributed by atoms with van der Waals surface area (Å²) in [6.07, 6.45) is 3.47. The molecule has 1 aliphatic carbocycles. The number of benzene rings is 1. The largest absolute Gasteiger partial charge is 0.286 e. The Morgan fingerprint density at radius 3 is 1.79 bits per heavy atom. The maximum Gasteiger partial charge on any atom is 0.229 e. The third-order valence-electron chi connectivity index (χ3n) is 5.82. The number of hydrogen-bond acceptors (Lipinski definition) is 2. The van der Waals surface area contributed by atoms with Gasteiger partial charge in [-0.25, -0.2) is 0 Å². The summed E-state index contributed by atoms with van der Waals surface area (Å²) in [5, 5.41) is 0. The molecule has 0 saturated carbocycles. The average Bonchev–Trinajstić information content (AvgIpc) is 2.49. The van der Waals surface area contributed by atoms with Gasteiger partial charge in [0.1, 0.15) is 0 Å². The molecule has 2 nitrogen and oxygen atoms in total. The summed E-state index contributed by atoms with van der Waals surface area (Å²) in [7, 11) is 0. The molecule has 0 saturated heterocycles. The highest BCUT2D eigenvalue weighted by Gasteiger charge is 2.41. The Bertz CT molecular complexity index is 723. The molecule has 0 spiro atoms. The molecule has 0 aromatic heterocycles. The Kier molecular flexibility index (Phi) is 4.47. The Labute approximate surface area is 145 Å². The third kappa shape index (κ3) is 3.02. The second kappa shape index (κ2) is 5.84. The first-order chi connectivity index (χ1) is 10.9. The highest BCUT2D eigenvalue weighted by atomic mass is 16.2. The van der Waals surface area contributed by atoms with Crippen molar-refractivity contribution in [3.8, 4) is 0 Å². The van der Waals surface area contributed by atoms with Crippen LogP contribution in [0.3, 0.4) is 0 Å². The number of carbonyl (C=O) groups is 2. The van der Waals surface area contributed by atoms with Crippen LogP contribution in [0.5, 0.6) is 0 Å². The smallest absolute Gasteiger partial charge is 0.229 e. The van der Waals surface area contributed by atoms with Crippen LogP contribution in [0.25, 0.3) is 0 Å². The molecule has 1 aliphatic rings. The minimum absolute atomic E-state index is 0.0298. The van der Waals surface area contributed by atoms with E-state index in [1.165, 1.54) is 6.08 Å². The minimum atomic E-state index is -0.512. The van der Waals surface area contributed by atoms with Gasteiger partial charge in [-0.3, -0.25) is 9.59 Å². The zero-order valence-corrected chi connectivity index (χ0v) is 15.9. The van der Waals surface area contributed by atoms with Gasteiger partial charge in [0.15, 0.2) is 0 Å². The molecule has 0 atom stereocenters. The van der Waals surface area contributed by atoms with Crippen molar-refractivity contribution in [3.05, 3.63) is 59.2 Å². The van der Waals surface area contributed by atoms with E-state index >= 15 is 0 Å². The Hall–Kier alpha value is -1.96. The Balaban J connectivity index is 2.59. The quantitative estimate of drug-likeness (QED) is 0.576. The fraction of sp³-hybridized carbons (Fsp3) is 0.455. The van der Waals surface area contributed by atoms with Gasteiger partial charge in [-0.15, -0.1) is 0 Å². The van der Waals surface area contributed by atoms with Crippen molar-refractivity contribution in [2.75, 3.05) is 0 Å². The fourth-order valence-electron chi connectivity index (χ4n) is 2.87. The first-order valence-corrected chi connectivity index (χ1v) is 8.47. The van der Waals surface area contributed by atoms with Crippen molar-refractivity contribution in [2.45, 2.75) is 53.9 Å². The van der Waals surface area contributed by atoms with Gasteiger partial charge in [0.2, 0.25) is 11.6 Å². The molecule has 0 amide bonds. The van der Waals surface area contributed by atoms with Gasteiger partial charge in [0.05, 0.1) is 0 Å². The van der Waals surface area contributed by atoms with Gasteiger partial charge in [0, 0.05) is 11.0 Å². The highest BCUT2D eigenvalue weighted by Crippen LogP contribution is 2.47. The molecule has 0 N–H and O–H groups in total. The zero-order valence-electron chi connectivity index (χ0n) is 15.9. The van der Waals surface area contributed by atoms with Crippen LogP contribution in [-0.4, -0.2) is 11.6 Å².